The van der Waals surface area contributed by atoms with Gasteiger partial charge in [0.15, 0.2) is 11.9 Å². The first-order chi connectivity index (χ1) is 9.34. The van der Waals surface area contributed by atoms with E-state index in [1.54, 1.807) is 19.1 Å². The highest BCUT2D eigenvalue weighted by Gasteiger charge is 2.69. The minimum absolute atomic E-state index is 0.0885. The first-order valence-electron chi connectivity index (χ1n) is 6.79. The number of carbonyl (C=O) groups is 2. The smallest absolute Gasteiger partial charge is 0.346 e. The van der Waals surface area contributed by atoms with Gasteiger partial charge in [0.05, 0.1) is 6.61 Å². The summed E-state index contributed by atoms with van der Waals surface area (Å²) in [5.74, 6) is -0.580. The van der Waals surface area contributed by atoms with Gasteiger partial charge in [-0.2, -0.15) is 0 Å². The molecule has 0 amide bonds. The van der Waals surface area contributed by atoms with E-state index in [1.165, 1.54) is 0 Å². The average Bonchev–Trinajstić information content (AvgIpc) is 3.14. The van der Waals surface area contributed by atoms with Gasteiger partial charge in [-0.1, -0.05) is 51.1 Å². The van der Waals surface area contributed by atoms with Gasteiger partial charge in [-0.15, -0.1) is 0 Å². The zero-order valence-corrected chi connectivity index (χ0v) is 12.3. The van der Waals surface area contributed by atoms with Crippen LogP contribution in [0.25, 0.3) is 0 Å². The lowest BCUT2D eigenvalue weighted by atomic mass is 9.83. The maximum Gasteiger partial charge on any atom is 0.346 e. The molecule has 0 aliphatic carbocycles. The van der Waals surface area contributed by atoms with Crippen molar-refractivity contribution >= 4 is 11.8 Å². The maximum atomic E-state index is 12.4. The molecule has 20 heavy (non-hydrogen) atoms. The topological polar surface area (TPSA) is 55.9 Å². The molecule has 108 valence electrons. The number of hydrogen-bond acceptors (Lipinski definition) is 4. The normalized spacial score (nSPS) is 25.1. The molecule has 0 aromatic heterocycles. The van der Waals surface area contributed by atoms with Crippen LogP contribution in [0.5, 0.6) is 0 Å². The molecule has 4 nitrogen and oxygen atoms in total. The molecule has 1 aromatic rings. The van der Waals surface area contributed by atoms with E-state index in [-0.39, 0.29) is 12.4 Å². The Bertz CT molecular complexity index is 515. The summed E-state index contributed by atoms with van der Waals surface area (Å²) in [5.41, 5.74) is -1.16. The van der Waals surface area contributed by atoms with Crippen LogP contribution < -0.4 is 0 Å². The molecule has 4 heteroatoms. The largest absolute Gasteiger partial charge is 0.463 e. The second-order valence-corrected chi connectivity index (χ2v) is 5.93. The van der Waals surface area contributed by atoms with Crippen LogP contribution >= 0.6 is 0 Å². The van der Waals surface area contributed by atoms with E-state index in [2.05, 4.69) is 0 Å². The fourth-order valence-electron chi connectivity index (χ4n) is 2.20. The van der Waals surface area contributed by atoms with Crippen LogP contribution in [0, 0.1) is 5.41 Å². The molecule has 0 spiro atoms. The van der Waals surface area contributed by atoms with Crippen molar-refractivity contribution in [2.75, 3.05) is 6.61 Å². The van der Waals surface area contributed by atoms with Crippen molar-refractivity contribution in [1.82, 2.24) is 0 Å². The second kappa shape index (κ2) is 5.02. The first-order valence-corrected chi connectivity index (χ1v) is 6.79. The van der Waals surface area contributed by atoms with Gasteiger partial charge in [-0.05, 0) is 12.5 Å². The number of epoxide rings is 1. The van der Waals surface area contributed by atoms with E-state index in [0.29, 0.717) is 5.56 Å². The SMILES string of the molecule is CCOC(=O)C1(c2ccccc2)OC1C(=O)C(C)(C)C. The quantitative estimate of drug-likeness (QED) is 0.626. The predicted octanol–water partition coefficient (Wildman–Crippen LogP) is 2.46. The van der Waals surface area contributed by atoms with Crippen LogP contribution in [0.1, 0.15) is 33.3 Å². The van der Waals surface area contributed by atoms with Gasteiger partial charge in [0.1, 0.15) is 0 Å². The van der Waals surface area contributed by atoms with Gasteiger partial charge in [-0.25, -0.2) is 4.79 Å². The standard InChI is InChI=1S/C16H20O4/c1-5-19-14(18)16(11-9-7-6-8-10-11)13(20-16)12(17)15(2,3)4/h6-10,13H,5H2,1-4H3. The monoisotopic (exact) mass is 276 g/mol. The van der Waals surface area contributed by atoms with Gasteiger partial charge in [-0.3, -0.25) is 4.79 Å². The molecule has 2 atom stereocenters. The van der Waals surface area contributed by atoms with Crippen molar-refractivity contribution in [3.8, 4) is 0 Å². The summed E-state index contributed by atoms with van der Waals surface area (Å²) in [7, 11) is 0. The second-order valence-electron chi connectivity index (χ2n) is 5.93. The van der Waals surface area contributed by atoms with E-state index in [1.807, 2.05) is 39.0 Å². The van der Waals surface area contributed by atoms with Crippen molar-refractivity contribution in [2.45, 2.75) is 39.4 Å². The highest BCUT2D eigenvalue weighted by molar-refractivity contribution is 6.00. The van der Waals surface area contributed by atoms with Crippen LogP contribution in [0.15, 0.2) is 30.3 Å². The Morgan fingerprint density at radius 1 is 1.25 bits per heavy atom. The number of hydrogen-bond donors (Lipinski definition) is 0. The summed E-state index contributed by atoms with van der Waals surface area (Å²) < 4.78 is 10.7. The highest BCUT2D eigenvalue weighted by atomic mass is 16.7. The van der Waals surface area contributed by atoms with Gasteiger partial charge < -0.3 is 9.47 Å². The third-order valence-electron chi connectivity index (χ3n) is 3.37. The minimum atomic E-state index is -1.26. The molecule has 0 radical (unpaired) electrons. The first kappa shape index (κ1) is 14.7. The van der Waals surface area contributed by atoms with Crippen LogP contribution in [0.3, 0.4) is 0 Å². The molecule has 1 saturated heterocycles. The molecule has 2 unspecified atom stereocenters. The molecule has 0 bridgehead atoms. The molecule has 1 aliphatic heterocycles. The fraction of sp³-hybridized carbons (Fsp3) is 0.500. The number of Topliss-reactive ketones (excluding diaryl/α,β-unsaturated/α-hetero) is 1. The Labute approximate surface area is 119 Å². The zero-order valence-electron chi connectivity index (χ0n) is 12.3. The Kier molecular flexibility index (Phi) is 3.69. The van der Waals surface area contributed by atoms with E-state index in [4.69, 9.17) is 9.47 Å². The summed E-state index contributed by atoms with van der Waals surface area (Å²) in [4.78, 5) is 24.7. The summed E-state index contributed by atoms with van der Waals surface area (Å²) in [6.07, 6.45) is -0.760. The van der Waals surface area contributed by atoms with E-state index in [9.17, 15) is 9.59 Å². The summed E-state index contributed by atoms with van der Waals surface area (Å²) in [6.45, 7) is 7.44. The highest BCUT2D eigenvalue weighted by Crippen LogP contribution is 2.50. The van der Waals surface area contributed by atoms with E-state index >= 15 is 0 Å². The lowest BCUT2D eigenvalue weighted by Crippen LogP contribution is -2.34. The molecule has 1 aromatic carbocycles. The number of carbonyl (C=O) groups excluding carboxylic acids is 2. The third kappa shape index (κ3) is 2.36. The predicted molar refractivity (Wildman–Crippen MR) is 74.1 cm³/mol. The Balaban J connectivity index is 2.36. The molecule has 1 heterocycles. The third-order valence-corrected chi connectivity index (χ3v) is 3.37. The lowest BCUT2D eigenvalue weighted by Gasteiger charge is -2.17. The Morgan fingerprint density at radius 2 is 1.85 bits per heavy atom. The van der Waals surface area contributed by atoms with Gasteiger partial charge >= 0.3 is 5.97 Å². The number of esters is 1. The fourth-order valence-corrected chi connectivity index (χ4v) is 2.20. The molecule has 0 saturated carbocycles. The number of benzene rings is 1. The van der Waals surface area contributed by atoms with Crippen molar-refractivity contribution in [3.05, 3.63) is 35.9 Å². The molecule has 1 fully saturated rings. The van der Waals surface area contributed by atoms with Crippen LogP contribution in [0.4, 0.5) is 0 Å². The maximum absolute atomic E-state index is 12.4. The van der Waals surface area contributed by atoms with E-state index in [0.717, 1.165) is 0 Å². The summed E-state index contributed by atoms with van der Waals surface area (Å²) in [5, 5.41) is 0. The number of rotatable bonds is 4. The van der Waals surface area contributed by atoms with Crippen molar-refractivity contribution in [1.29, 1.82) is 0 Å². The Morgan fingerprint density at radius 3 is 2.35 bits per heavy atom. The van der Waals surface area contributed by atoms with E-state index < -0.39 is 23.1 Å². The molecule has 1 aliphatic rings. The Hall–Kier alpha value is -1.68. The number of ketones is 1. The van der Waals surface area contributed by atoms with Crippen molar-refractivity contribution in [2.24, 2.45) is 5.41 Å². The molecule has 2 rings (SSSR count). The van der Waals surface area contributed by atoms with Crippen molar-refractivity contribution < 1.29 is 19.1 Å². The summed E-state index contributed by atoms with van der Waals surface area (Å²) >= 11 is 0. The van der Waals surface area contributed by atoms with Gasteiger partial charge in [0, 0.05) is 5.41 Å². The zero-order chi connectivity index (χ0) is 15.0. The van der Waals surface area contributed by atoms with Crippen LogP contribution in [-0.4, -0.2) is 24.5 Å². The molecular formula is C16H20O4. The van der Waals surface area contributed by atoms with Gasteiger partial charge in [0.25, 0.3) is 0 Å². The summed E-state index contributed by atoms with van der Waals surface area (Å²) in [6, 6.07) is 9.05. The van der Waals surface area contributed by atoms with Crippen LogP contribution in [0.2, 0.25) is 0 Å². The molecular weight excluding hydrogens is 256 g/mol. The number of ether oxygens (including phenoxy) is 2. The van der Waals surface area contributed by atoms with Gasteiger partial charge in [0.2, 0.25) is 5.60 Å². The van der Waals surface area contributed by atoms with Crippen molar-refractivity contribution in [3.63, 3.8) is 0 Å². The lowest BCUT2D eigenvalue weighted by molar-refractivity contribution is -0.150. The van der Waals surface area contributed by atoms with Crippen LogP contribution in [-0.2, 0) is 24.7 Å². The minimum Gasteiger partial charge on any atom is -0.463 e. The average molecular weight is 276 g/mol. The molecule has 0 N–H and O–H groups in total.